The van der Waals surface area contributed by atoms with Crippen molar-refractivity contribution in [3.63, 3.8) is 0 Å². The quantitative estimate of drug-likeness (QED) is 0.843. The van der Waals surface area contributed by atoms with E-state index in [1.54, 1.807) is 19.2 Å². The van der Waals surface area contributed by atoms with Crippen molar-refractivity contribution in [1.82, 2.24) is 9.71 Å². The molecule has 122 valence electrons. The Morgan fingerprint density at radius 3 is 2.52 bits per heavy atom. The van der Waals surface area contributed by atoms with Crippen LogP contribution in [0.1, 0.15) is 34.1 Å². The van der Waals surface area contributed by atoms with Crippen LogP contribution in [-0.4, -0.2) is 24.5 Å². The van der Waals surface area contributed by atoms with Crippen molar-refractivity contribution in [2.75, 3.05) is 0 Å². The average Bonchev–Trinajstić information content (AvgIpc) is 2.53. The van der Waals surface area contributed by atoms with E-state index in [9.17, 15) is 13.2 Å². The van der Waals surface area contributed by atoms with E-state index in [1.807, 2.05) is 13.0 Å². The van der Waals surface area contributed by atoms with E-state index in [0.29, 0.717) is 11.3 Å². The fraction of sp³-hybridized carbons (Fsp3) is 0.250. The molecule has 23 heavy (non-hydrogen) atoms. The van der Waals surface area contributed by atoms with Crippen molar-refractivity contribution >= 4 is 16.0 Å². The van der Waals surface area contributed by atoms with Crippen LogP contribution in [0.15, 0.2) is 41.4 Å². The minimum Gasteiger partial charge on any atom is -0.478 e. The lowest BCUT2D eigenvalue weighted by atomic mass is 10.1. The lowest BCUT2D eigenvalue weighted by Gasteiger charge is -2.09. The molecule has 2 N–H and O–H groups in total. The van der Waals surface area contributed by atoms with Gasteiger partial charge in [0.25, 0.3) is 0 Å². The van der Waals surface area contributed by atoms with Gasteiger partial charge in [0, 0.05) is 6.20 Å². The Hall–Kier alpha value is -2.25. The second-order valence-electron chi connectivity index (χ2n) is 5.12. The minimum absolute atomic E-state index is 0.0326. The number of nitrogens with zero attached hydrogens (tertiary/aromatic N) is 1. The van der Waals surface area contributed by atoms with Crippen molar-refractivity contribution < 1.29 is 18.3 Å². The summed E-state index contributed by atoms with van der Waals surface area (Å²) in [6.45, 7) is 3.65. The number of rotatable bonds is 6. The second kappa shape index (κ2) is 6.89. The summed E-state index contributed by atoms with van der Waals surface area (Å²) in [5, 5.41) is 8.98. The average molecular weight is 334 g/mol. The topological polar surface area (TPSA) is 96.4 Å². The summed E-state index contributed by atoms with van der Waals surface area (Å²) in [7, 11) is -3.72. The first kappa shape index (κ1) is 17.1. The van der Waals surface area contributed by atoms with Crippen LogP contribution in [0.3, 0.4) is 0 Å². The van der Waals surface area contributed by atoms with Crippen LogP contribution in [0.25, 0.3) is 0 Å². The number of aryl methyl sites for hydroxylation is 2. The molecule has 1 aromatic heterocycles. The van der Waals surface area contributed by atoms with Gasteiger partial charge in [-0.05, 0) is 48.7 Å². The number of nitrogens with one attached hydrogen (secondary N) is 1. The number of hydrogen-bond donors (Lipinski definition) is 2. The van der Waals surface area contributed by atoms with E-state index < -0.39 is 16.0 Å². The molecule has 0 bridgehead atoms. The number of carboxylic acids is 1. The largest absolute Gasteiger partial charge is 0.478 e. The molecule has 0 fully saturated rings. The molecule has 0 spiro atoms. The Bertz CT molecular complexity index is 814. The summed E-state index contributed by atoms with van der Waals surface area (Å²) in [6, 6.07) is 7.61. The highest BCUT2D eigenvalue weighted by Gasteiger charge is 2.16. The lowest BCUT2D eigenvalue weighted by Crippen LogP contribution is -2.24. The maximum atomic E-state index is 12.3. The van der Waals surface area contributed by atoms with Crippen molar-refractivity contribution in [2.45, 2.75) is 31.7 Å². The summed E-state index contributed by atoms with van der Waals surface area (Å²) in [4.78, 5) is 15.2. The van der Waals surface area contributed by atoms with Crippen molar-refractivity contribution in [3.05, 3.63) is 58.9 Å². The first-order valence-corrected chi connectivity index (χ1v) is 8.59. The third-order valence-electron chi connectivity index (χ3n) is 3.48. The van der Waals surface area contributed by atoms with Crippen molar-refractivity contribution in [2.24, 2.45) is 0 Å². The standard InChI is InChI=1S/C16H18N2O4S/c1-3-12-4-5-13(17-9-12)10-18-23(21,22)14-6-7-15(16(19)20)11(2)8-14/h4-9,18H,3,10H2,1-2H3,(H,19,20). The number of benzene rings is 1. The van der Waals surface area contributed by atoms with Gasteiger partial charge >= 0.3 is 5.97 Å². The Balaban J connectivity index is 2.15. The zero-order valence-corrected chi connectivity index (χ0v) is 13.7. The van der Waals surface area contributed by atoms with Gasteiger partial charge < -0.3 is 5.11 Å². The molecule has 0 aliphatic rings. The second-order valence-corrected chi connectivity index (χ2v) is 6.88. The van der Waals surface area contributed by atoms with Gasteiger partial charge in [0.1, 0.15) is 0 Å². The number of sulfonamides is 1. The molecule has 0 atom stereocenters. The molecule has 1 heterocycles. The highest BCUT2D eigenvalue weighted by atomic mass is 32.2. The van der Waals surface area contributed by atoms with Gasteiger partial charge in [0.15, 0.2) is 0 Å². The van der Waals surface area contributed by atoms with E-state index in [-0.39, 0.29) is 17.0 Å². The predicted octanol–water partition coefficient (Wildman–Crippen LogP) is 2.13. The molecule has 1 aromatic carbocycles. The van der Waals surface area contributed by atoms with Gasteiger partial charge in [-0.15, -0.1) is 0 Å². The van der Waals surface area contributed by atoms with Crippen LogP contribution in [0.5, 0.6) is 0 Å². The maximum Gasteiger partial charge on any atom is 0.335 e. The molecule has 2 aromatic rings. The van der Waals surface area contributed by atoms with Crippen LogP contribution in [0.2, 0.25) is 0 Å². The number of aromatic nitrogens is 1. The van der Waals surface area contributed by atoms with E-state index in [2.05, 4.69) is 9.71 Å². The van der Waals surface area contributed by atoms with Gasteiger partial charge in [0.05, 0.1) is 22.7 Å². The normalized spacial score (nSPS) is 11.4. The van der Waals surface area contributed by atoms with E-state index in [4.69, 9.17) is 5.11 Å². The molecule has 6 nitrogen and oxygen atoms in total. The fourth-order valence-corrected chi connectivity index (χ4v) is 3.15. The summed E-state index contributed by atoms with van der Waals surface area (Å²) in [6.07, 6.45) is 2.59. The first-order chi connectivity index (χ1) is 10.8. The Labute approximate surface area is 135 Å². The van der Waals surface area contributed by atoms with E-state index >= 15 is 0 Å². The number of hydrogen-bond acceptors (Lipinski definition) is 4. The van der Waals surface area contributed by atoms with Crippen LogP contribution in [0, 0.1) is 6.92 Å². The number of aromatic carboxylic acids is 1. The van der Waals surface area contributed by atoms with Gasteiger partial charge in [0.2, 0.25) is 10.0 Å². The van der Waals surface area contributed by atoms with Crippen LogP contribution in [0.4, 0.5) is 0 Å². The van der Waals surface area contributed by atoms with Crippen LogP contribution >= 0.6 is 0 Å². The smallest absolute Gasteiger partial charge is 0.335 e. The zero-order valence-electron chi connectivity index (χ0n) is 12.9. The number of carbonyl (C=O) groups is 1. The molecule has 2 rings (SSSR count). The van der Waals surface area contributed by atoms with Gasteiger partial charge in [-0.25, -0.2) is 17.9 Å². The van der Waals surface area contributed by atoms with Crippen molar-refractivity contribution in [3.8, 4) is 0 Å². The number of carboxylic acid groups (broad SMARTS) is 1. The molecule has 0 amide bonds. The minimum atomic E-state index is -3.72. The molecular weight excluding hydrogens is 316 g/mol. The molecule has 0 radical (unpaired) electrons. The molecule has 0 saturated heterocycles. The third-order valence-corrected chi connectivity index (χ3v) is 4.88. The van der Waals surface area contributed by atoms with E-state index in [1.165, 1.54) is 18.2 Å². The SMILES string of the molecule is CCc1ccc(CNS(=O)(=O)c2ccc(C(=O)O)c(C)c2)nc1. The lowest BCUT2D eigenvalue weighted by molar-refractivity contribution is 0.0696. The van der Waals surface area contributed by atoms with Crippen molar-refractivity contribution in [1.29, 1.82) is 0 Å². The Kier molecular flexibility index (Phi) is 5.12. The zero-order chi connectivity index (χ0) is 17.0. The summed E-state index contributed by atoms with van der Waals surface area (Å²) in [5.41, 5.74) is 2.17. The van der Waals surface area contributed by atoms with Gasteiger partial charge in [-0.2, -0.15) is 0 Å². The van der Waals surface area contributed by atoms with Crippen LogP contribution in [-0.2, 0) is 23.0 Å². The van der Waals surface area contributed by atoms with Crippen LogP contribution < -0.4 is 4.72 Å². The molecule has 7 heteroatoms. The number of pyridine rings is 1. The van der Waals surface area contributed by atoms with E-state index in [0.717, 1.165) is 12.0 Å². The van der Waals surface area contributed by atoms with Gasteiger partial charge in [-0.3, -0.25) is 4.98 Å². The highest BCUT2D eigenvalue weighted by Crippen LogP contribution is 2.16. The molecular formula is C16H18N2O4S. The maximum absolute atomic E-state index is 12.3. The van der Waals surface area contributed by atoms with Gasteiger partial charge in [-0.1, -0.05) is 13.0 Å². The molecule has 0 aliphatic heterocycles. The fourth-order valence-electron chi connectivity index (χ4n) is 2.06. The predicted molar refractivity (Wildman–Crippen MR) is 85.8 cm³/mol. The summed E-state index contributed by atoms with van der Waals surface area (Å²) in [5.74, 6) is -1.08. The molecule has 0 saturated carbocycles. The Morgan fingerprint density at radius 2 is 2.00 bits per heavy atom. The first-order valence-electron chi connectivity index (χ1n) is 7.11. The third kappa shape index (κ3) is 4.14. The summed E-state index contributed by atoms with van der Waals surface area (Å²) < 4.78 is 27.0. The monoisotopic (exact) mass is 334 g/mol. The molecule has 0 unspecified atom stereocenters. The highest BCUT2D eigenvalue weighted by molar-refractivity contribution is 7.89. The molecule has 0 aliphatic carbocycles. The summed E-state index contributed by atoms with van der Waals surface area (Å²) >= 11 is 0. The Morgan fingerprint density at radius 1 is 1.26 bits per heavy atom.